The standard InChI is InChI=1S/C29H59NO2.Na/c1-3-5-7-9-11-13-15-17-19-21-23-25-27(28(26-30)29(31)32)24-22-20-18-16-14-12-10-8-6-4-2;/h27-28H,3-26,30H2,1-2H3,(H,31,32);/q;+1/p-1. The summed E-state index contributed by atoms with van der Waals surface area (Å²) in [6.45, 7) is 4.76. The quantitative estimate of drug-likeness (QED) is 0.142. The Morgan fingerprint density at radius 2 is 0.848 bits per heavy atom. The van der Waals surface area contributed by atoms with Crippen molar-refractivity contribution in [2.45, 2.75) is 162 Å². The Morgan fingerprint density at radius 1 is 0.576 bits per heavy atom. The fourth-order valence-electron chi connectivity index (χ4n) is 4.99. The zero-order chi connectivity index (χ0) is 23.7. The molecule has 0 aliphatic carbocycles. The zero-order valence-electron chi connectivity index (χ0n) is 23.0. The molecule has 0 rings (SSSR count). The van der Waals surface area contributed by atoms with E-state index in [1.807, 2.05) is 0 Å². The summed E-state index contributed by atoms with van der Waals surface area (Å²) in [6.07, 6.45) is 29.8. The summed E-state index contributed by atoms with van der Waals surface area (Å²) in [5.74, 6) is -1.19. The Kier molecular flexibility index (Phi) is 30.9. The van der Waals surface area contributed by atoms with Crippen LogP contribution in [0.5, 0.6) is 0 Å². The number of rotatable bonds is 26. The molecule has 0 radical (unpaired) electrons. The Morgan fingerprint density at radius 3 is 1.09 bits per heavy atom. The fourth-order valence-corrected chi connectivity index (χ4v) is 4.99. The minimum Gasteiger partial charge on any atom is -0.550 e. The van der Waals surface area contributed by atoms with Gasteiger partial charge in [-0.05, 0) is 18.8 Å². The molecule has 0 saturated heterocycles. The van der Waals surface area contributed by atoms with Crippen LogP contribution in [0.2, 0.25) is 0 Å². The van der Waals surface area contributed by atoms with E-state index < -0.39 is 11.9 Å². The zero-order valence-corrected chi connectivity index (χ0v) is 25.0. The SMILES string of the molecule is CCCCCCCCCCCCCC(CCCCCCCCCCCC)C(CN)C(=O)[O-].[Na+]. The summed E-state index contributed by atoms with van der Waals surface area (Å²) in [6, 6.07) is 0. The molecule has 0 aromatic carbocycles. The molecule has 2 atom stereocenters. The molecule has 0 aliphatic rings. The first kappa shape index (κ1) is 35.6. The summed E-state index contributed by atoms with van der Waals surface area (Å²) < 4.78 is 0. The van der Waals surface area contributed by atoms with Gasteiger partial charge in [0, 0.05) is 18.4 Å². The maximum absolute atomic E-state index is 11.6. The second kappa shape index (κ2) is 28.7. The molecule has 0 aromatic rings. The van der Waals surface area contributed by atoms with Crippen LogP contribution in [-0.4, -0.2) is 12.5 Å². The second-order valence-corrected chi connectivity index (χ2v) is 10.2. The molecule has 0 heterocycles. The third kappa shape index (κ3) is 23.9. The van der Waals surface area contributed by atoms with Gasteiger partial charge in [0.2, 0.25) is 0 Å². The first-order valence-electron chi connectivity index (χ1n) is 14.6. The van der Waals surface area contributed by atoms with Crippen LogP contribution in [-0.2, 0) is 4.79 Å². The Hall–Kier alpha value is 0.430. The molecule has 0 saturated carbocycles. The number of nitrogens with two attached hydrogens (primary N) is 1. The Bertz CT molecular complexity index is 392. The third-order valence-electron chi connectivity index (χ3n) is 7.23. The molecule has 0 aliphatic heterocycles. The Labute approximate surface area is 230 Å². The van der Waals surface area contributed by atoms with Gasteiger partial charge in [-0.25, -0.2) is 0 Å². The molecule has 0 bridgehead atoms. The van der Waals surface area contributed by atoms with Crippen LogP contribution in [0.15, 0.2) is 0 Å². The molecule has 4 heteroatoms. The van der Waals surface area contributed by atoms with Crippen molar-refractivity contribution >= 4 is 5.97 Å². The van der Waals surface area contributed by atoms with Crippen molar-refractivity contribution in [2.75, 3.05) is 6.54 Å². The minimum atomic E-state index is -0.937. The summed E-state index contributed by atoms with van der Waals surface area (Å²) in [7, 11) is 0. The molecule has 2 unspecified atom stereocenters. The maximum Gasteiger partial charge on any atom is 1.00 e. The number of carbonyl (C=O) groups is 1. The molecule has 192 valence electrons. The topological polar surface area (TPSA) is 66.2 Å². The van der Waals surface area contributed by atoms with Crippen molar-refractivity contribution in [3.63, 3.8) is 0 Å². The first-order chi connectivity index (χ1) is 15.7. The monoisotopic (exact) mass is 475 g/mol. The van der Waals surface area contributed by atoms with Gasteiger partial charge in [0.05, 0.1) is 0 Å². The average Bonchev–Trinajstić information content (AvgIpc) is 2.78. The molecule has 2 N–H and O–H groups in total. The molecule has 0 aromatic heterocycles. The summed E-state index contributed by atoms with van der Waals surface area (Å²) >= 11 is 0. The summed E-state index contributed by atoms with van der Waals surface area (Å²) in [5, 5.41) is 11.6. The second-order valence-electron chi connectivity index (χ2n) is 10.2. The fraction of sp³-hybridized carbons (Fsp3) is 0.966. The molecule has 3 nitrogen and oxygen atoms in total. The minimum absolute atomic E-state index is 0. The van der Waals surface area contributed by atoms with Gasteiger partial charge < -0.3 is 15.6 Å². The van der Waals surface area contributed by atoms with Crippen molar-refractivity contribution in [1.29, 1.82) is 0 Å². The normalized spacial score (nSPS) is 12.9. The van der Waals surface area contributed by atoms with Gasteiger partial charge in [-0.15, -0.1) is 0 Å². The van der Waals surface area contributed by atoms with E-state index in [-0.39, 0.29) is 42.0 Å². The molecule has 33 heavy (non-hydrogen) atoms. The van der Waals surface area contributed by atoms with Crippen molar-refractivity contribution in [3.8, 4) is 0 Å². The van der Waals surface area contributed by atoms with Crippen LogP contribution in [0, 0.1) is 11.8 Å². The number of carbonyl (C=O) groups excluding carboxylic acids is 1. The molecule has 0 spiro atoms. The summed E-state index contributed by atoms with van der Waals surface area (Å²) in [5.41, 5.74) is 5.80. The van der Waals surface area contributed by atoms with Gasteiger partial charge >= 0.3 is 29.6 Å². The van der Waals surface area contributed by atoms with Crippen LogP contribution < -0.4 is 40.4 Å². The number of hydrogen-bond donors (Lipinski definition) is 1. The largest absolute Gasteiger partial charge is 1.00 e. The van der Waals surface area contributed by atoms with Crippen LogP contribution >= 0.6 is 0 Å². The van der Waals surface area contributed by atoms with E-state index in [2.05, 4.69) is 13.8 Å². The van der Waals surface area contributed by atoms with E-state index in [0.29, 0.717) is 0 Å². The average molecular weight is 476 g/mol. The summed E-state index contributed by atoms with van der Waals surface area (Å²) in [4.78, 5) is 11.6. The number of carboxylic acid groups (broad SMARTS) is 1. The van der Waals surface area contributed by atoms with E-state index in [9.17, 15) is 9.90 Å². The van der Waals surface area contributed by atoms with Gasteiger partial charge in [0.1, 0.15) is 0 Å². The molecule has 0 amide bonds. The van der Waals surface area contributed by atoms with E-state index in [0.717, 1.165) is 25.7 Å². The van der Waals surface area contributed by atoms with Crippen molar-refractivity contribution in [3.05, 3.63) is 0 Å². The number of carboxylic acids is 1. The number of aliphatic carboxylic acids is 1. The van der Waals surface area contributed by atoms with E-state index >= 15 is 0 Å². The van der Waals surface area contributed by atoms with Crippen molar-refractivity contribution in [1.82, 2.24) is 0 Å². The Balaban J connectivity index is 0. The predicted octanol–water partition coefficient (Wildman–Crippen LogP) is 4.94. The van der Waals surface area contributed by atoms with Crippen LogP contribution in [0.1, 0.15) is 162 Å². The van der Waals surface area contributed by atoms with Crippen LogP contribution in [0.3, 0.4) is 0 Å². The van der Waals surface area contributed by atoms with Gasteiger partial charge in [0.25, 0.3) is 0 Å². The van der Waals surface area contributed by atoms with E-state index in [4.69, 9.17) is 5.73 Å². The molecule has 0 fully saturated rings. The van der Waals surface area contributed by atoms with Crippen molar-refractivity contribution < 1.29 is 39.5 Å². The van der Waals surface area contributed by atoms with Gasteiger partial charge in [-0.3, -0.25) is 0 Å². The van der Waals surface area contributed by atoms with E-state index in [1.54, 1.807) is 0 Å². The third-order valence-corrected chi connectivity index (χ3v) is 7.23. The van der Waals surface area contributed by atoms with Gasteiger partial charge in [0.15, 0.2) is 0 Å². The molecular formula is C29H58NNaO2. The van der Waals surface area contributed by atoms with Crippen LogP contribution in [0.25, 0.3) is 0 Å². The van der Waals surface area contributed by atoms with Crippen LogP contribution in [0.4, 0.5) is 0 Å². The predicted molar refractivity (Wildman–Crippen MR) is 139 cm³/mol. The van der Waals surface area contributed by atoms with Crippen molar-refractivity contribution in [2.24, 2.45) is 17.6 Å². The van der Waals surface area contributed by atoms with Gasteiger partial charge in [-0.2, -0.15) is 0 Å². The number of unbranched alkanes of at least 4 members (excludes halogenated alkanes) is 19. The van der Waals surface area contributed by atoms with E-state index in [1.165, 1.54) is 122 Å². The first-order valence-corrected chi connectivity index (χ1v) is 14.6. The number of hydrogen-bond acceptors (Lipinski definition) is 3. The smallest absolute Gasteiger partial charge is 0.550 e. The van der Waals surface area contributed by atoms with Gasteiger partial charge in [-0.1, -0.05) is 149 Å². The molecular weight excluding hydrogens is 417 g/mol. The maximum atomic E-state index is 11.6.